The standard InChI is InChI=1S/C11H18N4O2/c1-4-17-7-8(2)13-10-6-5-9(14-15-10)11(16)12-3/h5-6,8H,4,7H2,1-3H3,(H,12,16)(H,13,15). The number of carbonyl (C=O) groups is 1. The van der Waals surface area contributed by atoms with Gasteiger partial charge >= 0.3 is 0 Å². The predicted octanol–water partition coefficient (Wildman–Crippen LogP) is 0.673. The Kier molecular flexibility index (Phi) is 5.35. The second-order valence-corrected chi connectivity index (χ2v) is 3.59. The van der Waals surface area contributed by atoms with Crippen molar-refractivity contribution in [2.24, 2.45) is 0 Å². The van der Waals surface area contributed by atoms with Crippen LogP contribution in [-0.4, -0.2) is 42.4 Å². The molecule has 0 bridgehead atoms. The highest BCUT2D eigenvalue weighted by molar-refractivity contribution is 5.91. The van der Waals surface area contributed by atoms with E-state index < -0.39 is 0 Å². The van der Waals surface area contributed by atoms with E-state index in [0.717, 1.165) is 0 Å². The number of aromatic nitrogens is 2. The van der Waals surface area contributed by atoms with E-state index in [4.69, 9.17) is 4.74 Å². The molecule has 94 valence electrons. The fraction of sp³-hybridized carbons (Fsp3) is 0.545. The van der Waals surface area contributed by atoms with Gasteiger partial charge in [-0.1, -0.05) is 0 Å². The first-order chi connectivity index (χ1) is 8.17. The summed E-state index contributed by atoms with van der Waals surface area (Å²) in [4.78, 5) is 11.2. The maximum absolute atomic E-state index is 11.2. The Labute approximate surface area is 101 Å². The van der Waals surface area contributed by atoms with E-state index in [1.165, 1.54) is 0 Å². The summed E-state index contributed by atoms with van der Waals surface area (Å²) in [7, 11) is 1.56. The highest BCUT2D eigenvalue weighted by Gasteiger charge is 2.07. The van der Waals surface area contributed by atoms with Crippen LogP contribution in [0.25, 0.3) is 0 Å². The minimum atomic E-state index is -0.244. The highest BCUT2D eigenvalue weighted by atomic mass is 16.5. The number of hydrogen-bond donors (Lipinski definition) is 2. The van der Waals surface area contributed by atoms with Gasteiger partial charge in [-0.05, 0) is 26.0 Å². The number of amides is 1. The van der Waals surface area contributed by atoms with Gasteiger partial charge in [0.25, 0.3) is 5.91 Å². The largest absolute Gasteiger partial charge is 0.380 e. The van der Waals surface area contributed by atoms with Gasteiger partial charge in [0.1, 0.15) is 5.82 Å². The quantitative estimate of drug-likeness (QED) is 0.762. The predicted molar refractivity (Wildman–Crippen MR) is 65.0 cm³/mol. The Morgan fingerprint density at radius 2 is 2.24 bits per heavy atom. The summed E-state index contributed by atoms with van der Waals surface area (Å²) in [6.45, 7) is 5.23. The molecule has 6 heteroatoms. The molecule has 17 heavy (non-hydrogen) atoms. The van der Waals surface area contributed by atoms with Crippen molar-refractivity contribution in [2.45, 2.75) is 19.9 Å². The summed E-state index contributed by atoms with van der Waals surface area (Å²) in [5.41, 5.74) is 0.301. The SMILES string of the molecule is CCOCC(C)Nc1ccc(C(=O)NC)nn1. The Morgan fingerprint density at radius 3 is 2.76 bits per heavy atom. The van der Waals surface area contributed by atoms with Crippen LogP contribution in [-0.2, 0) is 4.74 Å². The van der Waals surface area contributed by atoms with Gasteiger partial charge in [-0.2, -0.15) is 0 Å². The molecule has 1 heterocycles. The van der Waals surface area contributed by atoms with Crippen LogP contribution in [0.5, 0.6) is 0 Å². The molecule has 6 nitrogen and oxygen atoms in total. The van der Waals surface area contributed by atoms with Crippen molar-refractivity contribution in [3.8, 4) is 0 Å². The molecule has 1 unspecified atom stereocenters. The van der Waals surface area contributed by atoms with Crippen LogP contribution in [0.4, 0.5) is 5.82 Å². The number of anilines is 1. The zero-order chi connectivity index (χ0) is 12.7. The monoisotopic (exact) mass is 238 g/mol. The summed E-state index contributed by atoms with van der Waals surface area (Å²) < 4.78 is 5.27. The van der Waals surface area contributed by atoms with Crippen molar-refractivity contribution in [2.75, 3.05) is 25.6 Å². The smallest absolute Gasteiger partial charge is 0.271 e. The molecule has 1 aromatic rings. The van der Waals surface area contributed by atoms with Crippen LogP contribution >= 0.6 is 0 Å². The molecule has 1 atom stereocenters. The molecule has 0 aromatic carbocycles. The molecule has 1 aromatic heterocycles. The van der Waals surface area contributed by atoms with E-state index in [1.54, 1.807) is 19.2 Å². The van der Waals surface area contributed by atoms with Crippen LogP contribution in [0.1, 0.15) is 24.3 Å². The summed E-state index contributed by atoms with van der Waals surface area (Å²) >= 11 is 0. The topological polar surface area (TPSA) is 76.1 Å². The van der Waals surface area contributed by atoms with Crippen molar-refractivity contribution >= 4 is 11.7 Å². The van der Waals surface area contributed by atoms with Crippen LogP contribution in [0, 0.1) is 0 Å². The Bertz CT molecular complexity index is 353. The maximum atomic E-state index is 11.2. The molecule has 0 radical (unpaired) electrons. The minimum absolute atomic E-state index is 0.148. The fourth-order valence-corrected chi connectivity index (χ4v) is 1.25. The molecule has 0 aliphatic rings. The molecule has 0 fully saturated rings. The Hall–Kier alpha value is -1.69. The lowest BCUT2D eigenvalue weighted by Crippen LogP contribution is -2.23. The number of rotatable bonds is 6. The zero-order valence-corrected chi connectivity index (χ0v) is 10.4. The number of nitrogens with one attached hydrogen (secondary N) is 2. The number of ether oxygens (including phenoxy) is 1. The third-order valence-electron chi connectivity index (χ3n) is 2.09. The summed E-state index contributed by atoms with van der Waals surface area (Å²) in [6.07, 6.45) is 0. The van der Waals surface area contributed by atoms with Gasteiger partial charge in [0.2, 0.25) is 0 Å². The third-order valence-corrected chi connectivity index (χ3v) is 2.09. The van der Waals surface area contributed by atoms with Gasteiger partial charge in [0.05, 0.1) is 6.61 Å². The van der Waals surface area contributed by atoms with Crippen LogP contribution in [0.3, 0.4) is 0 Å². The van der Waals surface area contributed by atoms with E-state index >= 15 is 0 Å². The van der Waals surface area contributed by atoms with Gasteiger partial charge in [-0.15, -0.1) is 10.2 Å². The van der Waals surface area contributed by atoms with Crippen molar-refractivity contribution in [1.82, 2.24) is 15.5 Å². The molecule has 2 N–H and O–H groups in total. The minimum Gasteiger partial charge on any atom is -0.380 e. The molecule has 0 spiro atoms. The van der Waals surface area contributed by atoms with Gasteiger partial charge in [-0.25, -0.2) is 0 Å². The first-order valence-electron chi connectivity index (χ1n) is 5.57. The van der Waals surface area contributed by atoms with Gasteiger partial charge < -0.3 is 15.4 Å². The number of carbonyl (C=O) groups excluding carboxylic acids is 1. The molecule has 0 saturated carbocycles. The van der Waals surface area contributed by atoms with E-state index in [2.05, 4.69) is 20.8 Å². The molecular weight excluding hydrogens is 220 g/mol. The average Bonchev–Trinajstić information content (AvgIpc) is 2.36. The Balaban J connectivity index is 2.53. The average molecular weight is 238 g/mol. The van der Waals surface area contributed by atoms with E-state index in [-0.39, 0.29) is 11.9 Å². The van der Waals surface area contributed by atoms with Gasteiger partial charge in [0, 0.05) is 19.7 Å². The molecule has 0 saturated heterocycles. The number of hydrogen-bond acceptors (Lipinski definition) is 5. The van der Waals surface area contributed by atoms with Gasteiger partial charge in [-0.3, -0.25) is 4.79 Å². The van der Waals surface area contributed by atoms with E-state index in [9.17, 15) is 4.79 Å². The van der Waals surface area contributed by atoms with Crippen molar-refractivity contribution in [1.29, 1.82) is 0 Å². The van der Waals surface area contributed by atoms with Crippen molar-refractivity contribution in [3.63, 3.8) is 0 Å². The molecular formula is C11H18N4O2. The second kappa shape index (κ2) is 6.80. The summed E-state index contributed by atoms with van der Waals surface area (Å²) in [5.74, 6) is 0.385. The third kappa shape index (κ3) is 4.36. The van der Waals surface area contributed by atoms with Crippen LogP contribution in [0.15, 0.2) is 12.1 Å². The number of nitrogens with zero attached hydrogens (tertiary/aromatic N) is 2. The molecule has 1 rings (SSSR count). The van der Waals surface area contributed by atoms with Gasteiger partial charge in [0.15, 0.2) is 5.69 Å². The second-order valence-electron chi connectivity index (χ2n) is 3.59. The van der Waals surface area contributed by atoms with Crippen molar-refractivity contribution < 1.29 is 9.53 Å². The lowest BCUT2D eigenvalue weighted by molar-refractivity contribution is 0.0957. The summed E-state index contributed by atoms with van der Waals surface area (Å²) in [5, 5.41) is 13.4. The van der Waals surface area contributed by atoms with Crippen LogP contribution in [0.2, 0.25) is 0 Å². The lowest BCUT2D eigenvalue weighted by atomic mass is 10.3. The van der Waals surface area contributed by atoms with E-state index in [0.29, 0.717) is 24.7 Å². The van der Waals surface area contributed by atoms with Crippen LogP contribution < -0.4 is 10.6 Å². The Morgan fingerprint density at radius 1 is 1.47 bits per heavy atom. The molecule has 1 amide bonds. The summed E-state index contributed by atoms with van der Waals surface area (Å²) in [6, 6.07) is 3.50. The maximum Gasteiger partial charge on any atom is 0.271 e. The first-order valence-corrected chi connectivity index (χ1v) is 5.57. The molecule has 0 aliphatic heterocycles. The lowest BCUT2D eigenvalue weighted by Gasteiger charge is -2.13. The zero-order valence-electron chi connectivity index (χ0n) is 10.4. The van der Waals surface area contributed by atoms with Crippen molar-refractivity contribution in [3.05, 3.63) is 17.8 Å². The fourth-order valence-electron chi connectivity index (χ4n) is 1.25. The normalized spacial score (nSPS) is 11.9. The highest BCUT2D eigenvalue weighted by Crippen LogP contribution is 2.04. The first kappa shape index (κ1) is 13.4. The molecule has 0 aliphatic carbocycles. The van der Waals surface area contributed by atoms with E-state index in [1.807, 2.05) is 13.8 Å².